The van der Waals surface area contributed by atoms with Gasteiger partial charge in [-0.25, -0.2) is 0 Å². The second-order valence-electron chi connectivity index (χ2n) is 2.49. The van der Waals surface area contributed by atoms with Crippen LogP contribution in [0.1, 0.15) is 11.1 Å². The Kier molecular flexibility index (Phi) is 1.76. The summed E-state index contributed by atoms with van der Waals surface area (Å²) in [5.74, 6) is 0. The smallest absolute Gasteiger partial charge is 0.133 e. The Hall–Kier alpha value is -0.461. The van der Waals surface area contributed by atoms with Gasteiger partial charge >= 0.3 is 0 Å². The molecule has 0 atom stereocenters. The molecule has 2 heteroatoms. The van der Waals surface area contributed by atoms with E-state index in [4.69, 9.17) is 4.42 Å². The molecule has 0 aliphatic carbocycles. The van der Waals surface area contributed by atoms with Crippen molar-refractivity contribution in [1.29, 1.82) is 0 Å². The van der Waals surface area contributed by atoms with E-state index in [-0.39, 0.29) is 17.1 Å². The molecule has 0 unspecified atom stereocenters. The van der Waals surface area contributed by atoms with Gasteiger partial charge in [0.2, 0.25) is 0 Å². The van der Waals surface area contributed by atoms with Crippen molar-refractivity contribution in [3.05, 3.63) is 23.3 Å². The molecule has 0 saturated carbocycles. The van der Waals surface area contributed by atoms with Crippen molar-refractivity contribution in [2.45, 2.75) is 13.8 Å². The Balaban J connectivity index is 0.000000500. The molecule has 2 aromatic heterocycles. The average Bonchev–Trinajstić information content (AvgIpc) is 2.22. The number of rotatable bonds is 0. The van der Waals surface area contributed by atoms with Gasteiger partial charge in [0.05, 0.1) is 0 Å². The van der Waals surface area contributed by atoms with Crippen LogP contribution >= 0.6 is 0 Å². The van der Waals surface area contributed by atoms with Crippen LogP contribution in [-0.4, -0.2) is 0 Å². The van der Waals surface area contributed by atoms with E-state index in [9.17, 15) is 0 Å². The van der Waals surface area contributed by atoms with Crippen LogP contribution in [-0.2, 0) is 17.1 Å². The maximum Gasteiger partial charge on any atom is 0.133 e. The molecule has 0 aliphatic rings. The van der Waals surface area contributed by atoms with Crippen LogP contribution in [0.25, 0.3) is 11.2 Å². The first-order chi connectivity index (χ1) is 4.27. The SMILES string of the molecule is Cc1cc2cc(C)c1o2.[Cu]. The van der Waals surface area contributed by atoms with Crippen molar-refractivity contribution >= 4 is 11.2 Å². The quantitative estimate of drug-likeness (QED) is 0.572. The van der Waals surface area contributed by atoms with Crippen LogP contribution < -0.4 is 0 Å². The fourth-order valence-electron chi connectivity index (χ4n) is 1.25. The molecule has 2 aromatic rings. The summed E-state index contributed by atoms with van der Waals surface area (Å²) in [6.07, 6.45) is 0. The van der Waals surface area contributed by atoms with Crippen molar-refractivity contribution in [3.8, 4) is 0 Å². The minimum absolute atomic E-state index is 0. The Labute approximate surface area is 70.2 Å². The molecule has 2 heterocycles. The fraction of sp³-hybridized carbons (Fsp3) is 0.250. The van der Waals surface area contributed by atoms with E-state index < -0.39 is 0 Å². The second-order valence-corrected chi connectivity index (χ2v) is 2.49. The van der Waals surface area contributed by atoms with Gasteiger partial charge in [-0.15, -0.1) is 0 Å². The van der Waals surface area contributed by atoms with E-state index in [0.29, 0.717) is 0 Å². The van der Waals surface area contributed by atoms with Crippen LogP contribution in [0.2, 0.25) is 0 Å². The summed E-state index contributed by atoms with van der Waals surface area (Å²) in [4.78, 5) is 0. The Morgan fingerprint density at radius 1 is 1.10 bits per heavy atom. The third kappa shape index (κ3) is 0.845. The molecule has 57 valence electrons. The van der Waals surface area contributed by atoms with E-state index in [1.54, 1.807) is 0 Å². The molecule has 10 heavy (non-hydrogen) atoms. The average molecular weight is 184 g/mol. The molecule has 0 aliphatic heterocycles. The van der Waals surface area contributed by atoms with Gasteiger partial charge in [-0.1, -0.05) is 0 Å². The molecule has 1 radical (unpaired) electrons. The number of furan rings is 2. The first-order valence-electron chi connectivity index (χ1n) is 3.06. The maximum atomic E-state index is 5.34. The monoisotopic (exact) mass is 183 g/mol. The summed E-state index contributed by atoms with van der Waals surface area (Å²) in [5, 5.41) is 0. The summed E-state index contributed by atoms with van der Waals surface area (Å²) < 4.78 is 5.34. The topological polar surface area (TPSA) is 13.1 Å². The Bertz CT molecular complexity index is 297. The van der Waals surface area contributed by atoms with E-state index >= 15 is 0 Å². The van der Waals surface area contributed by atoms with E-state index in [1.807, 2.05) is 0 Å². The zero-order valence-electron chi connectivity index (χ0n) is 5.86. The number of hydrogen-bond donors (Lipinski definition) is 0. The maximum absolute atomic E-state index is 5.34. The molecule has 0 saturated heterocycles. The van der Waals surface area contributed by atoms with Crippen LogP contribution in [0.5, 0.6) is 0 Å². The van der Waals surface area contributed by atoms with Crippen molar-refractivity contribution in [1.82, 2.24) is 0 Å². The normalized spacial score (nSPS) is 10.2. The van der Waals surface area contributed by atoms with Crippen molar-refractivity contribution in [2.75, 3.05) is 0 Å². The summed E-state index contributed by atoms with van der Waals surface area (Å²) in [7, 11) is 0. The van der Waals surface area contributed by atoms with Gasteiger partial charge in [-0.05, 0) is 37.1 Å². The van der Waals surface area contributed by atoms with E-state index in [1.165, 1.54) is 11.1 Å². The first kappa shape index (κ1) is 7.64. The molecule has 2 rings (SSSR count). The molecule has 2 bridgehead atoms. The molecular formula is C8H8CuO. The summed E-state index contributed by atoms with van der Waals surface area (Å²) >= 11 is 0. The van der Waals surface area contributed by atoms with Gasteiger partial charge in [0, 0.05) is 17.1 Å². The molecule has 0 amide bonds. The summed E-state index contributed by atoms with van der Waals surface area (Å²) in [6.45, 7) is 4.14. The van der Waals surface area contributed by atoms with Crippen LogP contribution in [0, 0.1) is 13.8 Å². The molecular weight excluding hydrogens is 176 g/mol. The number of fused-ring (bicyclic) bond motifs is 2. The van der Waals surface area contributed by atoms with Crippen LogP contribution in [0.15, 0.2) is 16.5 Å². The minimum atomic E-state index is 0. The van der Waals surface area contributed by atoms with Gasteiger partial charge in [0.1, 0.15) is 11.2 Å². The van der Waals surface area contributed by atoms with Crippen LogP contribution in [0.4, 0.5) is 0 Å². The van der Waals surface area contributed by atoms with Gasteiger partial charge in [0.25, 0.3) is 0 Å². The standard InChI is InChI=1S/C8H8O.Cu/c1-5-3-7-4-6(2)8(5)9-7;/h3-4H,1-2H3;. The zero-order valence-corrected chi connectivity index (χ0v) is 6.81. The molecule has 0 fully saturated rings. The third-order valence-corrected chi connectivity index (χ3v) is 1.65. The van der Waals surface area contributed by atoms with Gasteiger partial charge in [-0.3, -0.25) is 0 Å². The molecule has 0 aromatic carbocycles. The van der Waals surface area contributed by atoms with Gasteiger partial charge in [0.15, 0.2) is 0 Å². The molecule has 1 nitrogen and oxygen atoms in total. The number of benzene rings is 1. The van der Waals surface area contributed by atoms with Crippen molar-refractivity contribution in [3.63, 3.8) is 0 Å². The van der Waals surface area contributed by atoms with Crippen LogP contribution in [0.3, 0.4) is 0 Å². The molecule has 0 N–H and O–H groups in total. The summed E-state index contributed by atoms with van der Waals surface area (Å²) in [6, 6.07) is 4.12. The van der Waals surface area contributed by atoms with Crippen molar-refractivity contribution in [2.24, 2.45) is 0 Å². The second kappa shape index (κ2) is 2.30. The minimum Gasteiger partial charge on any atom is -0.457 e. The third-order valence-electron chi connectivity index (χ3n) is 1.65. The largest absolute Gasteiger partial charge is 0.457 e. The Morgan fingerprint density at radius 2 is 1.60 bits per heavy atom. The fourth-order valence-corrected chi connectivity index (χ4v) is 1.25. The first-order valence-corrected chi connectivity index (χ1v) is 3.06. The number of aryl methyl sites for hydroxylation is 2. The van der Waals surface area contributed by atoms with Gasteiger partial charge in [-0.2, -0.15) is 0 Å². The predicted molar refractivity (Wildman–Crippen MR) is 36.9 cm³/mol. The summed E-state index contributed by atoms with van der Waals surface area (Å²) in [5.41, 5.74) is 4.57. The number of hydrogen-bond acceptors (Lipinski definition) is 1. The zero-order chi connectivity index (χ0) is 6.43. The van der Waals surface area contributed by atoms with E-state index in [0.717, 1.165) is 11.2 Å². The van der Waals surface area contributed by atoms with Gasteiger partial charge < -0.3 is 4.42 Å². The molecule has 0 spiro atoms. The predicted octanol–water partition coefficient (Wildman–Crippen LogP) is 2.48. The van der Waals surface area contributed by atoms with E-state index in [2.05, 4.69) is 26.0 Å². The Morgan fingerprint density at radius 3 is 1.80 bits per heavy atom. The van der Waals surface area contributed by atoms with Crippen molar-refractivity contribution < 1.29 is 21.5 Å².